The average molecular weight is 325 g/mol. The number of hydrogen-bond donors (Lipinski definition) is 2. The Morgan fingerprint density at radius 1 is 1.58 bits per heavy atom. The van der Waals surface area contributed by atoms with Gasteiger partial charge in [0.15, 0.2) is 0 Å². The summed E-state index contributed by atoms with van der Waals surface area (Å²) in [5.74, 6) is -1.07. The first-order valence-corrected chi connectivity index (χ1v) is 7.91. The Labute approximate surface area is 118 Å². The van der Waals surface area contributed by atoms with Crippen LogP contribution in [0.4, 0.5) is 5.88 Å². The lowest BCUT2D eigenvalue weighted by Crippen LogP contribution is -2.16. The molecule has 1 aromatic heterocycles. The van der Waals surface area contributed by atoms with Gasteiger partial charge >= 0.3 is 5.97 Å². The van der Waals surface area contributed by atoms with E-state index < -0.39 is 16.0 Å². The van der Waals surface area contributed by atoms with E-state index in [1.54, 1.807) is 6.92 Å². The number of allylic oxidation sites excluding steroid dienone is 1. The third-order valence-electron chi connectivity index (χ3n) is 2.37. The highest BCUT2D eigenvalue weighted by Crippen LogP contribution is 2.36. The van der Waals surface area contributed by atoms with E-state index in [2.05, 4.69) is 9.88 Å². The Morgan fingerprint density at radius 2 is 2.26 bits per heavy atom. The number of hydrogen-bond acceptors (Lipinski definition) is 6. The lowest BCUT2D eigenvalue weighted by atomic mass is 10.4. The molecule has 0 bridgehead atoms. The van der Waals surface area contributed by atoms with E-state index in [1.165, 1.54) is 0 Å². The predicted molar refractivity (Wildman–Crippen MR) is 70.5 cm³/mol. The molecule has 1 aliphatic heterocycles. The van der Waals surface area contributed by atoms with Gasteiger partial charge in [-0.25, -0.2) is 17.9 Å². The normalized spacial score (nSPS) is 15.9. The SMILES string of the molecule is Cc1noc(NS(=O)(=O)C2=C(C(=O)O)SCC2)c1Cl. The standard InChI is InChI=1S/C9H9ClN2O5S2/c1-4-6(10)8(17-11-4)12-19(15,16)5-2-3-18-7(5)9(13)14/h12H,2-3H2,1H3,(H,13,14). The summed E-state index contributed by atoms with van der Waals surface area (Å²) in [6, 6.07) is 0. The summed E-state index contributed by atoms with van der Waals surface area (Å²) in [7, 11) is -4.01. The molecule has 1 aromatic rings. The van der Waals surface area contributed by atoms with Crippen LogP contribution in [-0.4, -0.2) is 30.4 Å². The molecule has 0 saturated carbocycles. The van der Waals surface area contributed by atoms with Crippen molar-refractivity contribution in [3.63, 3.8) is 0 Å². The van der Waals surface area contributed by atoms with Crippen LogP contribution in [0.5, 0.6) is 0 Å². The monoisotopic (exact) mass is 324 g/mol. The number of aliphatic carboxylic acids is 1. The second-order valence-corrected chi connectivity index (χ2v) is 6.86. The number of sulfonamides is 1. The number of rotatable bonds is 4. The molecule has 7 nitrogen and oxygen atoms in total. The van der Waals surface area contributed by atoms with Gasteiger partial charge in [-0.1, -0.05) is 16.8 Å². The molecule has 0 saturated heterocycles. The Kier molecular flexibility index (Phi) is 3.79. The molecule has 1 aliphatic rings. The topological polar surface area (TPSA) is 110 Å². The number of aryl methyl sites for hydroxylation is 1. The molecule has 104 valence electrons. The number of carboxylic acids is 1. The summed E-state index contributed by atoms with van der Waals surface area (Å²) >= 11 is 6.79. The van der Waals surface area contributed by atoms with Crippen molar-refractivity contribution < 1.29 is 22.8 Å². The van der Waals surface area contributed by atoms with E-state index in [0.717, 1.165) is 11.8 Å². The third-order valence-corrected chi connectivity index (χ3v) is 5.57. The number of thioether (sulfide) groups is 1. The minimum absolute atomic E-state index is 0.0479. The van der Waals surface area contributed by atoms with Crippen LogP contribution < -0.4 is 4.72 Å². The van der Waals surface area contributed by atoms with Gasteiger partial charge in [-0.15, -0.1) is 11.8 Å². The number of carbonyl (C=O) groups is 1. The van der Waals surface area contributed by atoms with Crippen molar-refractivity contribution in [2.45, 2.75) is 13.3 Å². The number of nitrogens with zero attached hydrogens (tertiary/aromatic N) is 1. The van der Waals surface area contributed by atoms with Crippen LogP contribution in [0.2, 0.25) is 5.02 Å². The summed E-state index contributed by atoms with van der Waals surface area (Å²) in [6.07, 6.45) is 0.145. The lowest BCUT2D eigenvalue weighted by Gasteiger charge is -2.06. The zero-order valence-electron chi connectivity index (χ0n) is 9.64. The van der Waals surface area contributed by atoms with Crippen molar-refractivity contribution in [3.05, 3.63) is 20.5 Å². The zero-order valence-corrected chi connectivity index (χ0v) is 12.0. The second-order valence-electron chi connectivity index (χ2n) is 3.67. The highest BCUT2D eigenvalue weighted by molar-refractivity contribution is 8.06. The first-order chi connectivity index (χ1) is 8.83. The van der Waals surface area contributed by atoms with Crippen molar-refractivity contribution in [2.75, 3.05) is 10.5 Å². The van der Waals surface area contributed by atoms with Gasteiger partial charge in [0.05, 0.1) is 4.91 Å². The van der Waals surface area contributed by atoms with Crippen molar-refractivity contribution >= 4 is 45.2 Å². The first-order valence-electron chi connectivity index (χ1n) is 5.06. The summed E-state index contributed by atoms with van der Waals surface area (Å²) in [5, 5.41) is 12.5. The number of anilines is 1. The summed E-state index contributed by atoms with van der Waals surface area (Å²) < 4.78 is 31.0. The molecular weight excluding hydrogens is 316 g/mol. The van der Waals surface area contributed by atoms with Crippen LogP contribution in [0.25, 0.3) is 0 Å². The van der Waals surface area contributed by atoms with Crippen molar-refractivity contribution in [2.24, 2.45) is 0 Å². The van der Waals surface area contributed by atoms with Crippen molar-refractivity contribution in [1.82, 2.24) is 5.16 Å². The van der Waals surface area contributed by atoms with Crippen LogP contribution in [0.1, 0.15) is 12.1 Å². The first kappa shape index (κ1) is 14.2. The summed E-state index contributed by atoms with van der Waals surface area (Å²) in [6.45, 7) is 1.55. The maximum Gasteiger partial charge on any atom is 0.343 e. The maximum absolute atomic E-state index is 12.1. The van der Waals surface area contributed by atoms with Crippen molar-refractivity contribution in [3.8, 4) is 0 Å². The molecule has 0 aromatic carbocycles. The molecule has 0 atom stereocenters. The Hall–Kier alpha value is -1.19. The van der Waals surface area contributed by atoms with E-state index >= 15 is 0 Å². The molecule has 0 spiro atoms. The highest BCUT2D eigenvalue weighted by atomic mass is 35.5. The summed E-state index contributed by atoms with van der Waals surface area (Å²) in [5.41, 5.74) is 0.340. The van der Waals surface area contributed by atoms with E-state index in [1.807, 2.05) is 0 Å². The van der Waals surface area contributed by atoms with Gasteiger partial charge in [0, 0.05) is 5.75 Å². The highest BCUT2D eigenvalue weighted by Gasteiger charge is 2.32. The molecular formula is C9H9ClN2O5S2. The van der Waals surface area contributed by atoms with E-state index in [9.17, 15) is 13.2 Å². The largest absolute Gasteiger partial charge is 0.477 e. The van der Waals surface area contributed by atoms with Crippen molar-refractivity contribution in [1.29, 1.82) is 0 Å². The molecule has 0 unspecified atom stereocenters. The smallest absolute Gasteiger partial charge is 0.343 e. The fourth-order valence-electron chi connectivity index (χ4n) is 1.48. The van der Waals surface area contributed by atoms with Gasteiger partial charge in [0.25, 0.3) is 15.9 Å². The zero-order chi connectivity index (χ0) is 14.2. The van der Waals surface area contributed by atoms with Gasteiger partial charge in [0.2, 0.25) is 0 Å². The van der Waals surface area contributed by atoms with E-state index in [-0.39, 0.29) is 27.1 Å². The van der Waals surface area contributed by atoms with Gasteiger partial charge in [-0.05, 0) is 13.3 Å². The van der Waals surface area contributed by atoms with Crippen LogP contribution in [0, 0.1) is 6.92 Å². The van der Waals surface area contributed by atoms with Gasteiger partial charge < -0.3 is 9.63 Å². The minimum atomic E-state index is -4.01. The van der Waals surface area contributed by atoms with Gasteiger partial charge in [0.1, 0.15) is 15.6 Å². The Balaban J connectivity index is 2.36. The molecule has 2 rings (SSSR count). The molecule has 0 radical (unpaired) electrons. The number of aromatic nitrogens is 1. The van der Waals surface area contributed by atoms with Gasteiger partial charge in [-0.3, -0.25) is 0 Å². The molecule has 0 aliphatic carbocycles. The quantitative estimate of drug-likeness (QED) is 0.869. The third kappa shape index (κ3) is 2.72. The molecule has 10 heteroatoms. The number of halogens is 1. The predicted octanol–water partition coefficient (Wildman–Crippen LogP) is 1.81. The van der Waals surface area contributed by atoms with Crippen LogP contribution in [0.3, 0.4) is 0 Å². The number of nitrogens with one attached hydrogen (secondary N) is 1. The Bertz CT molecular complexity index is 664. The molecule has 0 amide bonds. The summed E-state index contributed by atoms with van der Waals surface area (Å²) in [4.78, 5) is 10.6. The van der Waals surface area contributed by atoms with Crippen LogP contribution in [0.15, 0.2) is 14.3 Å². The molecule has 2 heterocycles. The molecule has 2 N–H and O–H groups in total. The Morgan fingerprint density at radius 3 is 2.79 bits per heavy atom. The average Bonchev–Trinajstić information content (AvgIpc) is 2.91. The van der Waals surface area contributed by atoms with Crippen LogP contribution in [-0.2, 0) is 14.8 Å². The van der Waals surface area contributed by atoms with E-state index in [0.29, 0.717) is 11.4 Å². The second kappa shape index (κ2) is 5.06. The fraction of sp³-hybridized carbons (Fsp3) is 0.333. The lowest BCUT2D eigenvalue weighted by molar-refractivity contribution is -0.131. The van der Waals surface area contributed by atoms with E-state index in [4.69, 9.17) is 21.2 Å². The van der Waals surface area contributed by atoms with Gasteiger partial charge in [-0.2, -0.15) is 0 Å². The van der Waals surface area contributed by atoms with Crippen LogP contribution >= 0.6 is 23.4 Å². The maximum atomic E-state index is 12.1. The minimum Gasteiger partial charge on any atom is -0.477 e. The molecule has 0 fully saturated rings. The number of carboxylic acid groups (broad SMARTS) is 1. The fourth-order valence-corrected chi connectivity index (χ4v) is 4.40. The molecule has 19 heavy (non-hydrogen) atoms.